The fourth-order valence-electron chi connectivity index (χ4n) is 4.23. The second kappa shape index (κ2) is 8.09. The molecule has 4 heteroatoms. The van der Waals surface area contributed by atoms with E-state index in [1.807, 2.05) is 18.3 Å². The predicted octanol–water partition coefficient (Wildman–Crippen LogP) is 5.73. The average molecular weight is 377 g/mol. The number of nitrogens with one attached hydrogen (secondary N) is 1. The van der Waals surface area contributed by atoms with Crippen LogP contribution in [-0.2, 0) is 11.2 Å². The molecule has 0 spiro atoms. The average Bonchev–Trinajstić information content (AvgIpc) is 3.34. The van der Waals surface area contributed by atoms with Gasteiger partial charge in [0.05, 0.1) is 6.61 Å². The molecule has 0 unspecified atom stereocenters. The van der Waals surface area contributed by atoms with Crippen LogP contribution in [0.1, 0.15) is 43.2 Å². The molecule has 28 heavy (non-hydrogen) atoms. The number of aromatic nitrogens is 1. The monoisotopic (exact) mass is 377 g/mol. The lowest BCUT2D eigenvalue weighted by atomic mass is 9.97. The highest BCUT2D eigenvalue weighted by atomic mass is 16.5. The van der Waals surface area contributed by atoms with Crippen LogP contribution >= 0.6 is 0 Å². The second-order valence-electron chi connectivity index (χ2n) is 7.88. The smallest absolute Gasteiger partial charge is 0.303 e. The number of aliphatic carboxylic acids is 1. The highest BCUT2D eigenvalue weighted by Gasteiger charge is 2.19. The maximum Gasteiger partial charge on any atom is 0.303 e. The molecule has 0 bridgehead atoms. The van der Waals surface area contributed by atoms with Crippen molar-refractivity contribution in [2.75, 3.05) is 6.61 Å². The summed E-state index contributed by atoms with van der Waals surface area (Å²) in [6, 6.07) is 12.5. The first-order valence-electron chi connectivity index (χ1n) is 10.2. The normalized spacial score (nSPS) is 14.6. The molecule has 0 amide bonds. The molecule has 0 aliphatic heterocycles. The van der Waals surface area contributed by atoms with E-state index in [9.17, 15) is 4.79 Å². The van der Waals surface area contributed by atoms with Gasteiger partial charge in [0.1, 0.15) is 5.75 Å². The summed E-state index contributed by atoms with van der Waals surface area (Å²) in [5.41, 5.74) is 5.46. The molecule has 1 aliphatic carbocycles. The van der Waals surface area contributed by atoms with Gasteiger partial charge in [-0.2, -0.15) is 0 Å². The van der Waals surface area contributed by atoms with Gasteiger partial charge < -0.3 is 14.8 Å². The van der Waals surface area contributed by atoms with Crippen molar-refractivity contribution in [1.82, 2.24) is 4.98 Å². The number of benzene rings is 2. The Hall–Kier alpha value is -2.75. The minimum Gasteiger partial charge on any atom is -0.492 e. The molecule has 3 aromatic rings. The van der Waals surface area contributed by atoms with Gasteiger partial charge in [0.2, 0.25) is 0 Å². The van der Waals surface area contributed by atoms with E-state index in [-0.39, 0.29) is 6.42 Å². The molecule has 1 heterocycles. The Bertz CT molecular complexity index is 983. The fourth-order valence-corrected chi connectivity index (χ4v) is 4.23. The van der Waals surface area contributed by atoms with Crippen LogP contribution in [0, 0.1) is 12.8 Å². The molecule has 0 saturated heterocycles. The topological polar surface area (TPSA) is 62.3 Å². The lowest BCUT2D eigenvalue weighted by molar-refractivity contribution is -0.136. The van der Waals surface area contributed by atoms with E-state index >= 15 is 0 Å². The molecule has 4 nitrogen and oxygen atoms in total. The number of carboxylic acid groups (broad SMARTS) is 1. The number of ether oxygens (including phenoxy) is 1. The third-order valence-corrected chi connectivity index (χ3v) is 5.84. The van der Waals surface area contributed by atoms with Gasteiger partial charge in [-0.05, 0) is 60.9 Å². The third kappa shape index (κ3) is 3.91. The summed E-state index contributed by atoms with van der Waals surface area (Å²) in [7, 11) is 0. The molecule has 1 fully saturated rings. The van der Waals surface area contributed by atoms with Gasteiger partial charge >= 0.3 is 5.97 Å². The van der Waals surface area contributed by atoms with Crippen LogP contribution in [0.3, 0.4) is 0 Å². The predicted molar refractivity (Wildman–Crippen MR) is 112 cm³/mol. The molecule has 0 atom stereocenters. The number of hydrogen-bond donors (Lipinski definition) is 2. The SMILES string of the molecule is Cc1c[nH]c2ccc(-c3cccc(CCC(=O)O)c3OCC3CCCC3)cc12. The second-order valence-corrected chi connectivity index (χ2v) is 7.88. The van der Waals surface area contributed by atoms with Crippen LogP contribution in [0.15, 0.2) is 42.6 Å². The zero-order chi connectivity index (χ0) is 19.5. The van der Waals surface area contributed by atoms with Crippen LogP contribution < -0.4 is 4.74 Å². The summed E-state index contributed by atoms with van der Waals surface area (Å²) in [5, 5.41) is 10.3. The highest BCUT2D eigenvalue weighted by molar-refractivity contribution is 5.89. The molecule has 1 saturated carbocycles. The van der Waals surface area contributed by atoms with E-state index in [0.29, 0.717) is 18.9 Å². The van der Waals surface area contributed by atoms with E-state index in [1.54, 1.807) is 0 Å². The van der Waals surface area contributed by atoms with Gasteiger partial charge in [0, 0.05) is 29.1 Å². The number of carboxylic acids is 1. The van der Waals surface area contributed by atoms with Crippen molar-refractivity contribution in [3.8, 4) is 16.9 Å². The molecule has 2 N–H and O–H groups in total. The van der Waals surface area contributed by atoms with Gasteiger partial charge in [0.15, 0.2) is 0 Å². The van der Waals surface area contributed by atoms with E-state index in [4.69, 9.17) is 9.84 Å². The van der Waals surface area contributed by atoms with Crippen molar-refractivity contribution >= 4 is 16.9 Å². The molecule has 1 aromatic heterocycles. The Balaban J connectivity index is 1.71. The Kier molecular flexibility index (Phi) is 5.38. The Labute approximate surface area is 165 Å². The van der Waals surface area contributed by atoms with Gasteiger partial charge in [0.25, 0.3) is 0 Å². The van der Waals surface area contributed by atoms with Gasteiger partial charge in [-0.1, -0.05) is 37.1 Å². The first-order valence-corrected chi connectivity index (χ1v) is 10.2. The third-order valence-electron chi connectivity index (χ3n) is 5.84. The van der Waals surface area contributed by atoms with Gasteiger partial charge in [-0.25, -0.2) is 0 Å². The molecular formula is C24H27NO3. The Morgan fingerprint density at radius 2 is 2.04 bits per heavy atom. The highest BCUT2D eigenvalue weighted by Crippen LogP contribution is 2.37. The van der Waals surface area contributed by atoms with Crippen LogP contribution in [0.5, 0.6) is 5.75 Å². The van der Waals surface area contributed by atoms with Crippen molar-refractivity contribution in [2.45, 2.75) is 45.4 Å². The quantitative estimate of drug-likeness (QED) is 0.553. The van der Waals surface area contributed by atoms with E-state index < -0.39 is 5.97 Å². The van der Waals surface area contributed by atoms with Crippen molar-refractivity contribution in [1.29, 1.82) is 0 Å². The maximum absolute atomic E-state index is 11.1. The summed E-state index contributed by atoms with van der Waals surface area (Å²) >= 11 is 0. The first-order chi connectivity index (χ1) is 13.6. The zero-order valence-corrected chi connectivity index (χ0v) is 16.3. The van der Waals surface area contributed by atoms with Crippen molar-refractivity contribution in [3.05, 3.63) is 53.7 Å². The van der Waals surface area contributed by atoms with Crippen LogP contribution in [0.4, 0.5) is 0 Å². The lowest BCUT2D eigenvalue weighted by Gasteiger charge is -2.18. The fraction of sp³-hybridized carbons (Fsp3) is 0.375. The maximum atomic E-state index is 11.1. The molecule has 1 aliphatic rings. The minimum absolute atomic E-state index is 0.110. The summed E-state index contributed by atoms with van der Waals surface area (Å²) in [5.74, 6) is 0.675. The molecule has 2 aromatic carbocycles. The molecule has 146 valence electrons. The van der Waals surface area contributed by atoms with Crippen LogP contribution in [0.25, 0.3) is 22.0 Å². The van der Waals surface area contributed by atoms with Crippen LogP contribution in [0.2, 0.25) is 0 Å². The van der Waals surface area contributed by atoms with Gasteiger partial charge in [-0.15, -0.1) is 0 Å². The molecule has 4 rings (SSSR count). The van der Waals surface area contributed by atoms with Gasteiger partial charge in [-0.3, -0.25) is 4.79 Å². The number of H-pyrrole nitrogens is 1. The van der Waals surface area contributed by atoms with E-state index in [2.05, 4.69) is 36.2 Å². The summed E-state index contributed by atoms with van der Waals surface area (Å²) in [4.78, 5) is 14.4. The standard InChI is InChI=1S/C24H27NO3/c1-16-14-25-22-11-9-19(13-21(16)22)20-8-4-7-18(10-12-23(26)27)24(20)28-15-17-5-2-3-6-17/h4,7-9,11,13-14,17,25H,2-3,5-6,10,12,15H2,1H3,(H,26,27). The van der Waals surface area contributed by atoms with Crippen molar-refractivity contribution < 1.29 is 14.6 Å². The Morgan fingerprint density at radius 3 is 2.82 bits per heavy atom. The number of fused-ring (bicyclic) bond motifs is 1. The number of aryl methyl sites for hydroxylation is 2. The summed E-state index contributed by atoms with van der Waals surface area (Å²) < 4.78 is 6.36. The largest absolute Gasteiger partial charge is 0.492 e. The van der Waals surface area contributed by atoms with Crippen LogP contribution in [-0.4, -0.2) is 22.7 Å². The van der Waals surface area contributed by atoms with Crippen molar-refractivity contribution in [2.24, 2.45) is 5.92 Å². The lowest BCUT2D eigenvalue weighted by Crippen LogP contribution is -2.10. The number of para-hydroxylation sites is 1. The Morgan fingerprint density at radius 1 is 1.21 bits per heavy atom. The number of rotatable bonds is 7. The van der Waals surface area contributed by atoms with E-state index in [1.165, 1.54) is 36.6 Å². The minimum atomic E-state index is -0.781. The summed E-state index contributed by atoms with van der Waals surface area (Å²) in [6.07, 6.45) is 7.63. The zero-order valence-electron chi connectivity index (χ0n) is 16.3. The molecular weight excluding hydrogens is 350 g/mol. The number of aromatic amines is 1. The number of carbonyl (C=O) groups is 1. The number of hydrogen-bond acceptors (Lipinski definition) is 2. The first kappa shape index (κ1) is 18.6. The van der Waals surface area contributed by atoms with Crippen molar-refractivity contribution in [3.63, 3.8) is 0 Å². The van der Waals surface area contributed by atoms with E-state index in [0.717, 1.165) is 28.0 Å². The molecule has 0 radical (unpaired) electrons. The summed E-state index contributed by atoms with van der Waals surface area (Å²) in [6.45, 7) is 2.81.